The van der Waals surface area contributed by atoms with Crippen LogP contribution in [0.3, 0.4) is 0 Å². The van der Waals surface area contributed by atoms with E-state index in [0.29, 0.717) is 16.7 Å². The van der Waals surface area contributed by atoms with Crippen molar-refractivity contribution in [3.05, 3.63) is 34.6 Å². The zero-order valence-electron chi connectivity index (χ0n) is 14.6. The van der Waals surface area contributed by atoms with E-state index in [4.69, 9.17) is 9.47 Å². The summed E-state index contributed by atoms with van der Waals surface area (Å²) in [6.07, 6.45) is 3.97. The molecule has 3 rings (SSSR count). The van der Waals surface area contributed by atoms with E-state index in [0.717, 1.165) is 27.1 Å². The lowest BCUT2D eigenvalue weighted by molar-refractivity contribution is 0.355. The molecule has 0 aliphatic heterocycles. The summed E-state index contributed by atoms with van der Waals surface area (Å²) in [6, 6.07) is 5.79. The number of ether oxygens (including phenoxy) is 2. The fraction of sp³-hybridized carbons (Fsp3) is 0.353. The minimum Gasteiger partial charge on any atom is -0.493 e. The third-order valence-electron chi connectivity index (χ3n) is 3.44. The van der Waals surface area contributed by atoms with Gasteiger partial charge in [0.05, 0.1) is 20.0 Å². The van der Waals surface area contributed by atoms with Crippen LogP contribution in [0.5, 0.6) is 11.5 Å². The minimum absolute atomic E-state index is 0.551. The van der Waals surface area contributed by atoms with Crippen LogP contribution >= 0.6 is 23.1 Å². The van der Waals surface area contributed by atoms with Crippen LogP contribution in [0.4, 0.5) is 0 Å². The normalized spacial score (nSPS) is 11.7. The molecule has 0 spiro atoms. The second-order valence-corrected chi connectivity index (χ2v) is 8.11. The molecule has 0 N–H and O–H groups in total. The Labute approximate surface area is 154 Å². The van der Waals surface area contributed by atoms with E-state index in [1.54, 1.807) is 14.2 Å². The van der Waals surface area contributed by atoms with Crippen molar-refractivity contribution < 1.29 is 9.47 Å². The molecule has 0 saturated carbocycles. The average molecular weight is 377 g/mol. The van der Waals surface area contributed by atoms with Crippen LogP contribution in [0.25, 0.3) is 17.1 Å². The zero-order chi connectivity index (χ0) is 17.8. The van der Waals surface area contributed by atoms with Gasteiger partial charge in [-0.05, 0) is 29.0 Å². The largest absolute Gasteiger partial charge is 0.493 e. The first-order valence-corrected chi connectivity index (χ1v) is 9.70. The third kappa shape index (κ3) is 4.13. The molecule has 1 aromatic carbocycles. The monoisotopic (exact) mass is 376 g/mol. The van der Waals surface area contributed by atoms with Gasteiger partial charge >= 0.3 is 0 Å². The lowest BCUT2D eigenvalue weighted by Crippen LogP contribution is -1.96. The highest BCUT2D eigenvalue weighted by atomic mass is 32.2. The lowest BCUT2D eigenvalue weighted by atomic mass is 10.2. The topological polar surface area (TPSA) is 61.5 Å². The molecule has 0 amide bonds. The number of thioether (sulfide) groups is 1. The molecule has 25 heavy (non-hydrogen) atoms. The van der Waals surface area contributed by atoms with E-state index in [-0.39, 0.29) is 0 Å². The van der Waals surface area contributed by atoms with Gasteiger partial charge in [-0.1, -0.05) is 37.3 Å². The molecule has 0 saturated heterocycles. The van der Waals surface area contributed by atoms with E-state index in [9.17, 15) is 0 Å². The van der Waals surface area contributed by atoms with Crippen LogP contribution in [-0.2, 0) is 5.75 Å². The minimum atomic E-state index is 0.551. The number of benzene rings is 1. The highest BCUT2D eigenvalue weighted by molar-refractivity contribution is 7.99. The summed E-state index contributed by atoms with van der Waals surface area (Å²) >= 11 is 3.34. The second kappa shape index (κ2) is 7.88. The van der Waals surface area contributed by atoms with Gasteiger partial charge in [0.2, 0.25) is 4.96 Å². The van der Waals surface area contributed by atoms with Crippen LogP contribution in [0.1, 0.15) is 30.2 Å². The molecule has 0 bridgehead atoms. The molecular weight excluding hydrogens is 356 g/mol. The van der Waals surface area contributed by atoms with Gasteiger partial charge in [-0.3, -0.25) is 0 Å². The van der Waals surface area contributed by atoms with Crippen molar-refractivity contribution in [2.45, 2.75) is 24.9 Å². The Balaban J connectivity index is 1.79. The molecule has 0 radical (unpaired) electrons. The van der Waals surface area contributed by atoms with E-state index < -0.39 is 0 Å². The number of nitrogens with zero attached hydrogens (tertiary/aromatic N) is 4. The van der Waals surface area contributed by atoms with Crippen LogP contribution in [0.2, 0.25) is 0 Å². The van der Waals surface area contributed by atoms with Gasteiger partial charge < -0.3 is 9.47 Å². The van der Waals surface area contributed by atoms with Crippen LogP contribution < -0.4 is 9.47 Å². The van der Waals surface area contributed by atoms with Crippen molar-refractivity contribution >= 4 is 40.2 Å². The molecule has 0 aliphatic carbocycles. The predicted octanol–water partition coefficient (Wildman–Crippen LogP) is 4.02. The van der Waals surface area contributed by atoms with Crippen molar-refractivity contribution in [3.8, 4) is 11.5 Å². The van der Waals surface area contributed by atoms with Gasteiger partial charge in [0.1, 0.15) is 5.01 Å². The highest BCUT2D eigenvalue weighted by Crippen LogP contribution is 2.28. The zero-order valence-corrected chi connectivity index (χ0v) is 16.2. The molecular formula is C17H20N4O2S2. The molecule has 8 heteroatoms. The van der Waals surface area contributed by atoms with Gasteiger partial charge in [0, 0.05) is 0 Å². The number of rotatable bonds is 7. The fourth-order valence-corrected chi connectivity index (χ4v) is 3.62. The predicted molar refractivity (Wildman–Crippen MR) is 104 cm³/mol. The molecule has 0 fully saturated rings. The molecule has 6 nitrogen and oxygen atoms in total. The first kappa shape index (κ1) is 17.8. The van der Waals surface area contributed by atoms with Gasteiger partial charge in [-0.25, -0.2) is 0 Å². The molecule has 0 unspecified atom stereocenters. The summed E-state index contributed by atoms with van der Waals surface area (Å²) in [4.78, 5) is 0.811. The van der Waals surface area contributed by atoms with Crippen LogP contribution in [0, 0.1) is 0 Å². The lowest BCUT2D eigenvalue weighted by Gasteiger charge is -2.07. The Morgan fingerprint density at radius 3 is 2.68 bits per heavy atom. The van der Waals surface area contributed by atoms with Crippen molar-refractivity contribution in [1.82, 2.24) is 19.8 Å². The van der Waals surface area contributed by atoms with E-state index in [2.05, 4.69) is 29.1 Å². The Hall–Kier alpha value is -2.06. The number of hydrogen-bond acceptors (Lipinski definition) is 7. The van der Waals surface area contributed by atoms with Gasteiger partial charge in [-0.2, -0.15) is 21.4 Å². The Kier molecular flexibility index (Phi) is 5.60. The Morgan fingerprint density at radius 2 is 1.96 bits per heavy atom. The summed E-state index contributed by atoms with van der Waals surface area (Å²) in [5.41, 5.74) is 1.01. The quantitative estimate of drug-likeness (QED) is 0.621. The summed E-state index contributed by atoms with van der Waals surface area (Å²) in [5.74, 6) is 3.11. The number of fused-ring (bicyclic) bond motifs is 1. The summed E-state index contributed by atoms with van der Waals surface area (Å²) < 4.78 is 12.4. The number of methoxy groups -OCH3 is 2. The number of aromatic nitrogens is 4. The SMILES string of the molecule is COc1ccc(C=Cc2nn3c(CSC(C)C)nnc3s2)cc1OC. The van der Waals surface area contributed by atoms with Gasteiger partial charge in [0.15, 0.2) is 17.3 Å². The summed E-state index contributed by atoms with van der Waals surface area (Å²) in [5, 5.41) is 14.5. The molecule has 0 aliphatic rings. The Bertz CT molecular complexity index is 886. The third-order valence-corrected chi connectivity index (χ3v) is 5.40. The fourth-order valence-electron chi connectivity index (χ4n) is 2.19. The molecule has 2 heterocycles. The molecule has 3 aromatic rings. The summed E-state index contributed by atoms with van der Waals surface area (Å²) in [6.45, 7) is 4.34. The highest BCUT2D eigenvalue weighted by Gasteiger charge is 2.11. The maximum absolute atomic E-state index is 5.33. The Morgan fingerprint density at radius 1 is 1.16 bits per heavy atom. The van der Waals surface area contributed by atoms with Crippen LogP contribution in [-0.4, -0.2) is 39.3 Å². The first-order chi connectivity index (χ1) is 12.1. The van der Waals surface area contributed by atoms with E-state index >= 15 is 0 Å². The average Bonchev–Trinajstić information content (AvgIpc) is 3.18. The maximum atomic E-state index is 5.33. The summed E-state index contributed by atoms with van der Waals surface area (Å²) in [7, 11) is 3.26. The van der Waals surface area contributed by atoms with Crippen molar-refractivity contribution in [3.63, 3.8) is 0 Å². The maximum Gasteiger partial charge on any atom is 0.234 e. The van der Waals surface area contributed by atoms with Crippen LogP contribution in [0.15, 0.2) is 18.2 Å². The smallest absolute Gasteiger partial charge is 0.234 e. The van der Waals surface area contributed by atoms with E-state index in [1.165, 1.54) is 11.3 Å². The van der Waals surface area contributed by atoms with E-state index in [1.807, 2.05) is 46.6 Å². The standard InChI is InChI=1S/C17H20N4O2S2/c1-11(2)24-10-15-18-19-17-21(15)20-16(25-17)8-6-12-5-7-13(22-3)14(9-12)23-4/h5-9,11H,10H2,1-4H3. The van der Waals surface area contributed by atoms with Gasteiger partial charge in [-0.15, -0.1) is 10.2 Å². The molecule has 0 atom stereocenters. The second-order valence-electron chi connectivity index (χ2n) is 5.56. The molecule has 132 valence electrons. The van der Waals surface area contributed by atoms with Gasteiger partial charge in [0.25, 0.3) is 0 Å². The van der Waals surface area contributed by atoms with Crippen molar-refractivity contribution in [2.24, 2.45) is 0 Å². The first-order valence-electron chi connectivity index (χ1n) is 7.83. The van der Waals surface area contributed by atoms with Crippen molar-refractivity contribution in [1.29, 1.82) is 0 Å². The molecule has 2 aromatic heterocycles. The number of hydrogen-bond donors (Lipinski definition) is 0. The van der Waals surface area contributed by atoms with Crippen molar-refractivity contribution in [2.75, 3.05) is 14.2 Å².